The second-order valence-corrected chi connectivity index (χ2v) is 4.78. The number of benzene rings is 1. The fraction of sp³-hybridized carbons (Fsp3) is 0.500. The minimum absolute atomic E-state index is 0.214. The van der Waals surface area contributed by atoms with Gasteiger partial charge in [-0.2, -0.15) is 0 Å². The van der Waals surface area contributed by atoms with Crippen molar-refractivity contribution in [2.75, 3.05) is 33.4 Å². The summed E-state index contributed by atoms with van der Waals surface area (Å²) in [5.74, 6) is 1.41. The van der Waals surface area contributed by atoms with Crippen LogP contribution in [0.1, 0.15) is 18.9 Å². The smallest absolute Gasteiger partial charge is 0.314 e. The molecule has 0 aromatic heterocycles. The number of amides is 3. The van der Waals surface area contributed by atoms with Crippen LogP contribution in [0.5, 0.6) is 11.5 Å². The van der Waals surface area contributed by atoms with Crippen LogP contribution >= 0.6 is 0 Å². The molecule has 1 aromatic rings. The molecule has 23 heavy (non-hydrogen) atoms. The van der Waals surface area contributed by atoms with E-state index in [4.69, 9.17) is 9.47 Å². The zero-order valence-corrected chi connectivity index (χ0v) is 13.7. The van der Waals surface area contributed by atoms with E-state index in [1.54, 1.807) is 7.11 Å². The van der Waals surface area contributed by atoms with Gasteiger partial charge in [-0.1, -0.05) is 6.07 Å². The van der Waals surface area contributed by atoms with Gasteiger partial charge in [0.1, 0.15) is 0 Å². The Balaban J connectivity index is 2.29. The van der Waals surface area contributed by atoms with Gasteiger partial charge in [-0.15, -0.1) is 0 Å². The van der Waals surface area contributed by atoms with Gasteiger partial charge in [-0.05, 0) is 37.5 Å². The maximum Gasteiger partial charge on any atom is 0.314 e. The topological polar surface area (TPSA) is 88.7 Å². The Hall–Kier alpha value is -2.44. The summed E-state index contributed by atoms with van der Waals surface area (Å²) in [6, 6.07) is 5.53. The van der Waals surface area contributed by atoms with Crippen LogP contribution in [-0.4, -0.2) is 45.8 Å². The van der Waals surface area contributed by atoms with Crippen LogP contribution in [0.2, 0.25) is 0 Å². The second kappa shape index (κ2) is 11.2. The number of hydrogen-bond donors (Lipinski definition) is 3. The van der Waals surface area contributed by atoms with Crippen LogP contribution in [0.25, 0.3) is 0 Å². The van der Waals surface area contributed by atoms with Gasteiger partial charge in [0.25, 0.3) is 0 Å². The second-order valence-electron chi connectivity index (χ2n) is 4.78. The zero-order chi connectivity index (χ0) is 16.9. The minimum Gasteiger partial charge on any atom is -0.493 e. The van der Waals surface area contributed by atoms with Gasteiger partial charge < -0.3 is 25.4 Å². The Morgan fingerprint density at radius 1 is 1.17 bits per heavy atom. The summed E-state index contributed by atoms with van der Waals surface area (Å²) in [6.45, 7) is 4.10. The Morgan fingerprint density at radius 2 is 1.96 bits per heavy atom. The van der Waals surface area contributed by atoms with Crippen molar-refractivity contribution in [2.45, 2.75) is 19.8 Å². The average molecular weight is 323 g/mol. The van der Waals surface area contributed by atoms with Crippen molar-refractivity contribution in [3.63, 3.8) is 0 Å². The number of rotatable bonds is 11. The van der Waals surface area contributed by atoms with Gasteiger partial charge in [0.2, 0.25) is 6.41 Å². The van der Waals surface area contributed by atoms with Gasteiger partial charge in [-0.3, -0.25) is 4.79 Å². The Kier molecular flexibility index (Phi) is 9.04. The van der Waals surface area contributed by atoms with Crippen LogP contribution in [0, 0.1) is 0 Å². The van der Waals surface area contributed by atoms with Crippen molar-refractivity contribution >= 4 is 12.4 Å². The lowest BCUT2D eigenvalue weighted by Gasteiger charge is -2.11. The van der Waals surface area contributed by atoms with E-state index in [0.29, 0.717) is 57.0 Å². The fourth-order valence-corrected chi connectivity index (χ4v) is 1.98. The van der Waals surface area contributed by atoms with Crippen molar-refractivity contribution < 1.29 is 19.1 Å². The molecule has 0 atom stereocenters. The molecule has 1 rings (SSSR count). The maximum absolute atomic E-state index is 11.6. The molecular formula is C16H25N3O4. The number of carbonyl (C=O) groups excluding carboxylic acids is 2. The third kappa shape index (κ3) is 7.39. The van der Waals surface area contributed by atoms with Crippen molar-refractivity contribution in [2.24, 2.45) is 0 Å². The standard InChI is InChI=1S/C16H25N3O4/c1-3-23-14-6-5-13(11-15(14)22-2)7-10-19-16(21)18-9-4-8-17-12-20/h5-6,11-12H,3-4,7-10H2,1-2H3,(H,17,20)(H2,18,19,21). The largest absolute Gasteiger partial charge is 0.493 e. The van der Waals surface area contributed by atoms with Crippen LogP contribution in [0.15, 0.2) is 18.2 Å². The first kappa shape index (κ1) is 18.6. The van der Waals surface area contributed by atoms with Gasteiger partial charge in [0.15, 0.2) is 11.5 Å². The van der Waals surface area contributed by atoms with E-state index in [9.17, 15) is 9.59 Å². The molecule has 0 aliphatic rings. The molecule has 0 spiro atoms. The van der Waals surface area contributed by atoms with E-state index < -0.39 is 0 Å². The van der Waals surface area contributed by atoms with Gasteiger partial charge in [0.05, 0.1) is 13.7 Å². The van der Waals surface area contributed by atoms with Crippen molar-refractivity contribution in [1.29, 1.82) is 0 Å². The normalized spacial score (nSPS) is 9.83. The lowest BCUT2D eigenvalue weighted by atomic mass is 10.1. The monoisotopic (exact) mass is 323 g/mol. The van der Waals surface area contributed by atoms with E-state index in [0.717, 1.165) is 5.56 Å². The lowest BCUT2D eigenvalue weighted by molar-refractivity contribution is -0.109. The van der Waals surface area contributed by atoms with Crippen LogP contribution in [-0.2, 0) is 11.2 Å². The molecule has 0 unspecified atom stereocenters. The molecule has 0 bridgehead atoms. The number of nitrogens with one attached hydrogen (secondary N) is 3. The van der Waals surface area contributed by atoms with E-state index >= 15 is 0 Å². The molecule has 3 amide bonds. The molecule has 0 heterocycles. The highest BCUT2D eigenvalue weighted by atomic mass is 16.5. The molecule has 3 N–H and O–H groups in total. The van der Waals surface area contributed by atoms with Gasteiger partial charge in [-0.25, -0.2) is 4.79 Å². The summed E-state index contributed by atoms with van der Waals surface area (Å²) in [5.41, 5.74) is 1.06. The summed E-state index contributed by atoms with van der Waals surface area (Å²) < 4.78 is 10.8. The number of ether oxygens (including phenoxy) is 2. The summed E-state index contributed by atoms with van der Waals surface area (Å²) in [5, 5.41) is 8.05. The highest BCUT2D eigenvalue weighted by molar-refractivity contribution is 5.73. The molecule has 0 aliphatic carbocycles. The van der Waals surface area contributed by atoms with Crippen molar-refractivity contribution in [1.82, 2.24) is 16.0 Å². The summed E-state index contributed by atoms with van der Waals surface area (Å²) in [7, 11) is 1.60. The average Bonchev–Trinajstić information content (AvgIpc) is 2.56. The minimum atomic E-state index is -0.214. The molecular weight excluding hydrogens is 298 g/mol. The molecule has 0 saturated carbocycles. The van der Waals surface area contributed by atoms with Crippen molar-refractivity contribution in [3.8, 4) is 11.5 Å². The number of carbonyl (C=O) groups is 2. The van der Waals surface area contributed by atoms with E-state index in [1.165, 1.54) is 0 Å². The Labute approximate surface area is 136 Å². The summed E-state index contributed by atoms with van der Waals surface area (Å²) >= 11 is 0. The lowest BCUT2D eigenvalue weighted by Crippen LogP contribution is -2.37. The summed E-state index contributed by atoms with van der Waals surface area (Å²) in [6.07, 6.45) is 2.04. The number of urea groups is 1. The first-order valence-electron chi connectivity index (χ1n) is 7.69. The summed E-state index contributed by atoms with van der Waals surface area (Å²) in [4.78, 5) is 21.6. The van der Waals surface area contributed by atoms with Crippen LogP contribution < -0.4 is 25.4 Å². The molecule has 0 aliphatic heterocycles. The maximum atomic E-state index is 11.6. The molecule has 7 heteroatoms. The third-order valence-electron chi connectivity index (χ3n) is 3.09. The van der Waals surface area contributed by atoms with Crippen LogP contribution in [0.3, 0.4) is 0 Å². The van der Waals surface area contributed by atoms with Gasteiger partial charge in [0, 0.05) is 19.6 Å². The van der Waals surface area contributed by atoms with E-state index in [-0.39, 0.29) is 6.03 Å². The predicted octanol–water partition coefficient (Wildman–Crippen LogP) is 1.07. The van der Waals surface area contributed by atoms with Gasteiger partial charge >= 0.3 is 6.03 Å². The Morgan fingerprint density at radius 3 is 2.65 bits per heavy atom. The zero-order valence-electron chi connectivity index (χ0n) is 13.7. The number of hydrogen-bond acceptors (Lipinski definition) is 4. The fourth-order valence-electron chi connectivity index (χ4n) is 1.98. The third-order valence-corrected chi connectivity index (χ3v) is 3.09. The molecule has 7 nitrogen and oxygen atoms in total. The van der Waals surface area contributed by atoms with E-state index in [2.05, 4.69) is 16.0 Å². The predicted molar refractivity (Wildman–Crippen MR) is 88.0 cm³/mol. The Bertz CT molecular complexity index is 494. The quantitative estimate of drug-likeness (QED) is 0.420. The van der Waals surface area contributed by atoms with E-state index in [1.807, 2.05) is 25.1 Å². The molecule has 0 radical (unpaired) electrons. The highest BCUT2D eigenvalue weighted by Gasteiger charge is 2.06. The first-order chi connectivity index (χ1) is 11.2. The molecule has 0 fully saturated rings. The highest BCUT2D eigenvalue weighted by Crippen LogP contribution is 2.28. The SMILES string of the molecule is CCOc1ccc(CCNC(=O)NCCCNC=O)cc1OC. The molecule has 0 saturated heterocycles. The number of methoxy groups -OCH3 is 1. The first-order valence-corrected chi connectivity index (χ1v) is 7.69. The van der Waals surface area contributed by atoms with Crippen molar-refractivity contribution in [3.05, 3.63) is 23.8 Å². The molecule has 128 valence electrons. The molecule has 1 aromatic carbocycles. The van der Waals surface area contributed by atoms with Crippen LogP contribution in [0.4, 0.5) is 4.79 Å².